The van der Waals surface area contributed by atoms with E-state index in [1.165, 1.54) is 57.7 Å². The molecule has 4 rings (SSSR count). The molecule has 0 aliphatic carbocycles. The minimum absolute atomic E-state index is 0.0118. The zero-order chi connectivity index (χ0) is 46.9. The van der Waals surface area contributed by atoms with E-state index in [-0.39, 0.29) is 31.8 Å². The highest BCUT2D eigenvalue weighted by atomic mass is 33.1. The van der Waals surface area contributed by atoms with Crippen molar-refractivity contribution >= 4 is 97.2 Å². The molecule has 13 N–H and O–H groups in total. The van der Waals surface area contributed by atoms with E-state index in [1.54, 1.807) is 6.20 Å². The number of carboxylic acid groups (broad SMARTS) is 1. The number of hydrogen-bond donors (Lipinski definition) is 11. The first-order valence-corrected chi connectivity index (χ1v) is 22.5. The third kappa shape index (κ3) is 15.3. The fourth-order valence-electron chi connectivity index (χ4n) is 6.53. The highest BCUT2D eigenvalue weighted by Gasteiger charge is 2.42. The van der Waals surface area contributed by atoms with Gasteiger partial charge in [0.05, 0.1) is 38.6 Å². The molecule has 2 aromatic carbocycles. The minimum atomic E-state index is -1.75. The van der Waals surface area contributed by atoms with Crippen molar-refractivity contribution in [3.05, 3.63) is 65.9 Å². The molecule has 1 aliphatic rings. The zero-order valence-electron chi connectivity index (χ0n) is 34.9. The molecule has 2 heterocycles. The topological polar surface area (TPSA) is 350 Å². The molecule has 22 nitrogen and oxygen atoms in total. The second kappa shape index (κ2) is 24.3. The second-order valence-corrected chi connectivity index (χ2v) is 17.2. The van der Waals surface area contributed by atoms with E-state index in [2.05, 4.69) is 36.9 Å². The Bertz CT molecular complexity index is 2220. The van der Waals surface area contributed by atoms with E-state index in [1.807, 2.05) is 30.5 Å². The van der Waals surface area contributed by atoms with Crippen LogP contribution < -0.4 is 43.4 Å². The van der Waals surface area contributed by atoms with Gasteiger partial charge in [0.25, 0.3) is 0 Å². The molecule has 0 bridgehead atoms. The number of nitrogens with zero attached hydrogens (tertiary/aromatic N) is 1. The van der Waals surface area contributed by atoms with E-state index < -0.39 is 109 Å². The SMILES string of the molecule is CSSCCC(=O)NC(CC(=O)Nc1ccc(C(=N)N)cc1)C(=O)NCC(=O)NC(CC(=O)O)C(=O)NC(C)C(=O)N1CC(OCc2c[nH]c3ccccc23)CC1C(=O)NCC(N)=O. The third-order valence-corrected chi connectivity index (χ3v) is 11.5. The van der Waals surface area contributed by atoms with Crippen molar-refractivity contribution in [1.29, 1.82) is 5.41 Å². The molecule has 5 atom stereocenters. The number of carboxylic acids is 1. The second-order valence-electron chi connectivity index (χ2n) is 14.5. The van der Waals surface area contributed by atoms with Gasteiger partial charge in [0.2, 0.25) is 47.3 Å². The zero-order valence-corrected chi connectivity index (χ0v) is 36.5. The molecule has 24 heteroatoms. The number of nitrogen functional groups attached to an aromatic ring is 1. The van der Waals surface area contributed by atoms with Crippen molar-refractivity contribution < 1.29 is 53.0 Å². The first-order chi connectivity index (χ1) is 30.4. The number of primary amides is 1. The number of amidine groups is 1. The molecule has 64 heavy (non-hydrogen) atoms. The first-order valence-electron chi connectivity index (χ1n) is 19.8. The Balaban J connectivity index is 1.38. The largest absolute Gasteiger partial charge is 0.481 e. The van der Waals surface area contributed by atoms with Crippen LogP contribution >= 0.6 is 21.6 Å². The number of rotatable bonds is 24. The minimum Gasteiger partial charge on any atom is -0.481 e. The molecule has 0 radical (unpaired) electrons. The van der Waals surface area contributed by atoms with Gasteiger partial charge in [-0.2, -0.15) is 0 Å². The summed E-state index contributed by atoms with van der Waals surface area (Å²) in [6.07, 6.45) is 1.52. The standard InChI is InChI=1S/C40H51N11O11S2/c1-21(40(61)51-19-25(13-30(51)39(60)45-17-31(41)52)62-20-23-16-44-27-6-4-3-5-26(23)27)47-38(59)29(15-35(56)57)50-34(55)18-46-37(58)28(49-32(53)11-12-64-63-2)14-33(54)48-24-9-7-22(8-10-24)36(42)43/h3-10,16,21,25,28-30,44H,11-15,17-20H2,1-2H3,(H2,41,52)(H3,42,43)(H,45,60)(H,46,58)(H,47,59)(H,48,54)(H,49,53)(H,50,55)(H,56,57). The van der Waals surface area contributed by atoms with E-state index in [9.17, 15) is 48.3 Å². The van der Waals surface area contributed by atoms with Gasteiger partial charge in [-0.3, -0.25) is 48.6 Å². The van der Waals surface area contributed by atoms with Gasteiger partial charge < -0.3 is 63.1 Å². The van der Waals surface area contributed by atoms with E-state index in [0.29, 0.717) is 17.0 Å². The van der Waals surface area contributed by atoms with Gasteiger partial charge in [-0.15, -0.1) is 0 Å². The third-order valence-electron chi connectivity index (χ3n) is 9.67. The molecular formula is C40H51N11O11S2. The van der Waals surface area contributed by atoms with Crippen molar-refractivity contribution in [2.45, 2.75) is 69.5 Å². The number of H-pyrrole nitrogens is 1. The summed E-state index contributed by atoms with van der Waals surface area (Å²) in [5.74, 6) is -7.80. The number of amides is 8. The quantitative estimate of drug-likeness (QED) is 0.0223. The van der Waals surface area contributed by atoms with Gasteiger partial charge in [-0.1, -0.05) is 39.8 Å². The van der Waals surface area contributed by atoms with Gasteiger partial charge in [-0.25, -0.2) is 0 Å². The van der Waals surface area contributed by atoms with E-state index in [0.717, 1.165) is 16.5 Å². The van der Waals surface area contributed by atoms with Crippen LogP contribution in [-0.4, -0.2) is 136 Å². The predicted molar refractivity (Wildman–Crippen MR) is 237 cm³/mol. The first kappa shape index (κ1) is 50.0. The number of para-hydroxylation sites is 1. The van der Waals surface area contributed by atoms with Crippen LogP contribution in [0, 0.1) is 5.41 Å². The molecule has 8 amide bonds. The van der Waals surface area contributed by atoms with Crippen LogP contribution in [0.4, 0.5) is 5.69 Å². The Morgan fingerprint density at radius 3 is 2.25 bits per heavy atom. The summed E-state index contributed by atoms with van der Waals surface area (Å²) >= 11 is 0. The number of benzene rings is 2. The summed E-state index contributed by atoms with van der Waals surface area (Å²) in [6, 6.07) is 7.83. The summed E-state index contributed by atoms with van der Waals surface area (Å²) in [5.41, 5.74) is 13.1. The van der Waals surface area contributed by atoms with Crippen molar-refractivity contribution in [3.63, 3.8) is 0 Å². The molecule has 0 spiro atoms. The Hall–Kier alpha value is -6.66. The monoisotopic (exact) mass is 925 g/mol. The average Bonchev–Trinajstić information content (AvgIpc) is 3.87. The van der Waals surface area contributed by atoms with Gasteiger partial charge in [0.15, 0.2) is 0 Å². The molecule has 1 aliphatic heterocycles. The lowest BCUT2D eigenvalue weighted by Crippen LogP contribution is -2.57. The number of nitrogens with two attached hydrogens (primary N) is 2. The highest BCUT2D eigenvalue weighted by molar-refractivity contribution is 8.76. The van der Waals surface area contributed by atoms with Crippen LogP contribution in [0.2, 0.25) is 0 Å². The molecule has 1 aromatic heterocycles. The van der Waals surface area contributed by atoms with Gasteiger partial charge in [0, 0.05) is 59.1 Å². The normalized spacial score (nSPS) is 15.8. The van der Waals surface area contributed by atoms with E-state index >= 15 is 0 Å². The molecule has 5 unspecified atom stereocenters. The number of ether oxygens (including phenoxy) is 1. The Morgan fingerprint density at radius 2 is 1.58 bits per heavy atom. The van der Waals surface area contributed by atoms with E-state index in [4.69, 9.17) is 21.6 Å². The maximum Gasteiger partial charge on any atom is 0.305 e. The number of carbonyl (C=O) groups is 9. The highest BCUT2D eigenvalue weighted by Crippen LogP contribution is 2.25. The number of anilines is 1. The number of aromatic amines is 1. The average molecular weight is 926 g/mol. The number of likely N-dealkylation sites (tertiary alicyclic amines) is 1. The lowest BCUT2D eigenvalue weighted by atomic mass is 10.1. The number of aliphatic carboxylic acids is 1. The Kier molecular flexibility index (Phi) is 18.9. The lowest BCUT2D eigenvalue weighted by molar-refractivity contribution is -0.143. The maximum atomic E-state index is 13.8. The summed E-state index contributed by atoms with van der Waals surface area (Å²) in [5, 5.41) is 32.3. The fraction of sp³-hybridized carbons (Fsp3) is 0.400. The van der Waals surface area contributed by atoms with Crippen LogP contribution in [0.3, 0.4) is 0 Å². The van der Waals surface area contributed by atoms with Crippen molar-refractivity contribution in [3.8, 4) is 0 Å². The number of nitrogens with one attached hydrogen (secondary N) is 8. The molecule has 3 aromatic rings. The number of fused-ring (bicyclic) bond motifs is 1. The van der Waals surface area contributed by atoms with Crippen LogP contribution in [0.25, 0.3) is 10.9 Å². The summed E-state index contributed by atoms with van der Waals surface area (Å²) in [7, 11) is 2.83. The van der Waals surface area contributed by atoms with Crippen molar-refractivity contribution in [2.75, 3.05) is 37.0 Å². The molecule has 1 fully saturated rings. The molecule has 344 valence electrons. The summed E-state index contributed by atoms with van der Waals surface area (Å²) in [6.45, 7) is 0.0398. The number of hydrogen-bond acceptors (Lipinski definition) is 13. The van der Waals surface area contributed by atoms with Crippen LogP contribution in [0.1, 0.15) is 43.7 Å². The molecule has 1 saturated heterocycles. The summed E-state index contributed by atoms with van der Waals surface area (Å²) < 4.78 is 6.11. The smallest absolute Gasteiger partial charge is 0.305 e. The summed E-state index contributed by atoms with van der Waals surface area (Å²) in [4.78, 5) is 120. The predicted octanol–water partition coefficient (Wildman–Crippen LogP) is -0.965. The maximum absolute atomic E-state index is 13.8. The molecular weight excluding hydrogens is 875 g/mol. The number of carbonyl (C=O) groups excluding carboxylic acids is 8. The van der Waals surface area contributed by atoms with Gasteiger partial charge >= 0.3 is 5.97 Å². The van der Waals surface area contributed by atoms with Crippen LogP contribution in [0.15, 0.2) is 54.7 Å². The van der Waals surface area contributed by atoms with Gasteiger partial charge in [-0.05, 0) is 43.5 Å². The van der Waals surface area contributed by atoms with Gasteiger partial charge in [0.1, 0.15) is 30.0 Å². The van der Waals surface area contributed by atoms with Crippen molar-refractivity contribution in [2.24, 2.45) is 11.5 Å². The van der Waals surface area contributed by atoms with Crippen molar-refractivity contribution in [1.82, 2.24) is 36.5 Å². The Morgan fingerprint density at radius 1 is 0.891 bits per heavy atom. The number of aromatic nitrogens is 1. The fourth-order valence-corrected chi connectivity index (χ4v) is 7.71. The Labute approximate surface area is 374 Å². The lowest BCUT2D eigenvalue weighted by Gasteiger charge is -2.28. The van der Waals surface area contributed by atoms with Crippen LogP contribution in [0.5, 0.6) is 0 Å². The molecule has 0 saturated carbocycles. The van der Waals surface area contributed by atoms with Crippen LogP contribution in [-0.2, 0) is 54.5 Å².